The molecule has 6 rings (SSSR count). The number of ether oxygens (including phenoxy) is 1. The molecule has 2 heterocycles. The first kappa shape index (κ1) is 17.7. The van der Waals surface area contributed by atoms with Crippen molar-refractivity contribution in [2.45, 2.75) is 0 Å². The fourth-order valence-electron chi connectivity index (χ4n) is 4.36. The molecule has 0 N–H and O–H groups in total. The molecule has 0 unspecified atom stereocenters. The number of rotatable bonds is 3. The van der Waals surface area contributed by atoms with E-state index in [0.29, 0.717) is 16.7 Å². The summed E-state index contributed by atoms with van der Waals surface area (Å²) in [5, 5.41) is 4.43. The Morgan fingerprint density at radius 1 is 0.871 bits per heavy atom. The number of hydrogen-bond donors (Lipinski definition) is 0. The second kappa shape index (κ2) is 6.67. The number of amides is 1. The highest BCUT2D eigenvalue weighted by atomic mass is 16.5. The molecule has 0 aliphatic carbocycles. The highest BCUT2D eigenvalue weighted by molar-refractivity contribution is 6.28. The second-order valence-corrected chi connectivity index (χ2v) is 7.51. The standard InChI is InChI=1S/C27H17NO3/c1-30-18-13-11-16-12-14-22-23(20(16)15-18)25(26(31-22)17-7-3-2-4-8-17)24-19-9-5-6-10-21(19)28-27(24)29/h2-15H,1H3. The Hall–Kier alpha value is -4.18. The van der Waals surface area contributed by atoms with Crippen LogP contribution in [0.4, 0.5) is 0 Å². The molecule has 0 radical (unpaired) electrons. The summed E-state index contributed by atoms with van der Waals surface area (Å²) in [5.74, 6) is 1.17. The van der Waals surface area contributed by atoms with Gasteiger partial charge in [0.2, 0.25) is 0 Å². The second-order valence-electron chi connectivity index (χ2n) is 7.51. The molecule has 1 aliphatic heterocycles. The Bertz CT molecular complexity index is 1630. The van der Waals surface area contributed by atoms with Crippen LogP contribution in [-0.2, 0) is 4.79 Å². The number of fused-ring (bicyclic) bond motifs is 4. The normalized spacial score (nSPS) is 12.9. The van der Waals surface area contributed by atoms with Gasteiger partial charge in [-0.1, -0.05) is 60.7 Å². The summed E-state index contributed by atoms with van der Waals surface area (Å²) in [6.45, 7) is 0. The third-order valence-corrected chi connectivity index (χ3v) is 5.77. The number of nitrogens with zero attached hydrogens (tertiary/aromatic N) is 1. The van der Waals surface area contributed by atoms with Crippen LogP contribution in [0.25, 0.3) is 38.6 Å². The summed E-state index contributed by atoms with van der Waals surface area (Å²) in [6, 6.07) is 27.4. The predicted octanol–water partition coefficient (Wildman–Crippen LogP) is 4.62. The third-order valence-electron chi connectivity index (χ3n) is 5.77. The fraction of sp³-hybridized carbons (Fsp3) is 0.0370. The maximum atomic E-state index is 13.1. The first-order valence-electron chi connectivity index (χ1n) is 10.1. The lowest BCUT2D eigenvalue weighted by molar-refractivity contribution is -0.112. The lowest BCUT2D eigenvalue weighted by Crippen LogP contribution is -2.22. The van der Waals surface area contributed by atoms with Crippen LogP contribution in [0.5, 0.6) is 5.75 Å². The number of hydrogen-bond acceptors (Lipinski definition) is 3. The van der Waals surface area contributed by atoms with Crippen LogP contribution in [-0.4, -0.2) is 13.0 Å². The molecule has 1 aliphatic rings. The van der Waals surface area contributed by atoms with Gasteiger partial charge in [-0.3, -0.25) is 4.79 Å². The molecule has 0 spiro atoms. The van der Waals surface area contributed by atoms with Crippen molar-refractivity contribution in [3.8, 4) is 17.1 Å². The quantitative estimate of drug-likeness (QED) is 0.442. The summed E-state index contributed by atoms with van der Waals surface area (Å²) in [7, 11) is 1.65. The molecule has 4 heteroatoms. The predicted molar refractivity (Wildman–Crippen MR) is 120 cm³/mol. The summed E-state index contributed by atoms with van der Waals surface area (Å²) >= 11 is 0. The topological polar surface area (TPSA) is 51.8 Å². The van der Waals surface area contributed by atoms with Crippen molar-refractivity contribution < 1.29 is 13.9 Å². The molecule has 4 aromatic carbocycles. The zero-order valence-corrected chi connectivity index (χ0v) is 16.8. The molecule has 148 valence electrons. The van der Waals surface area contributed by atoms with Gasteiger partial charge < -0.3 is 9.15 Å². The Balaban J connectivity index is 1.84. The summed E-state index contributed by atoms with van der Waals surface area (Å²) in [4.78, 5) is 17.4. The van der Waals surface area contributed by atoms with Crippen LogP contribution in [0.15, 0.2) is 94.3 Å². The Labute approximate surface area is 177 Å². The van der Waals surface area contributed by atoms with Crippen LogP contribution in [0.1, 0.15) is 5.56 Å². The van der Waals surface area contributed by atoms with E-state index in [-0.39, 0.29) is 5.91 Å². The van der Waals surface area contributed by atoms with Crippen LogP contribution in [0.2, 0.25) is 0 Å². The summed E-state index contributed by atoms with van der Waals surface area (Å²) < 4.78 is 11.9. The van der Waals surface area contributed by atoms with Gasteiger partial charge in [0.15, 0.2) is 0 Å². The van der Waals surface area contributed by atoms with Crippen LogP contribution in [0.3, 0.4) is 0 Å². The highest BCUT2D eigenvalue weighted by Gasteiger charge is 2.28. The minimum absolute atomic E-state index is 0.249. The molecular weight excluding hydrogens is 386 g/mol. The van der Waals surface area contributed by atoms with Gasteiger partial charge in [0.05, 0.1) is 18.0 Å². The average molecular weight is 403 g/mol. The minimum atomic E-state index is -0.249. The summed E-state index contributed by atoms with van der Waals surface area (Å²) in [5.41, 5.74) is 2.98. The van der Waals surface area contributed by atoms with Gasteiger partial charge >= 0.3 is 0 Å². The first-order valence-corrected chi connectivity index (χ1v) is 10.1. The van der Waals surface area contributed by atoms with Gasteiger partial charge in [0, 0.05) is 21.7 Å². The number of furan rings is 1. The van der Waals surface area contributed by atoms with E-state index >= 15 is 0 Å². The van der Waals surface area contributed by atoms with Gasteiger partial charge in [-0.15, -0.1) is 0 Å². The number of methoxy groups -OCH3 is 1. The van der Waals surface area contributed by atoms with Crippen LogP contribution in [0, 0.1) is 0 Å². The van der Waals surface area contributed by atoms with E-state index in [9.17, 15) is 4.79 Å². The zero-order chi connectivity index (χ0) is 20.9. The van der Waals surface area contributed by atoms with E-state index < -0.39 is 0 Å². The van der Waals surface area contributed by atoms with E-state index in [1.165, 1.54) is 0 Å². The monoisotopic (exact) mass is 403 g/mol. The number of carbonyl (C=O) groups is 1. The van der Waals surface area contributed by atoms with Gasteiger partial charge in [-0.05, 0) is 35.0 Å². The van der Waals surface area contributed by atoms with Crippen LogP contribution < -0.4 is 15.3 Å². The van der Waals surface area contributed by atoms with E-state index in [0.717, 1.165) is 43.8 Å². The van der Waals surface area contributed by atoms with E-state index in [1.807, 2.05) is 84.9 Å². The zero-order valence-electron chi connectivity index (χ0n) is 16.8. The molecule has 0 fully saturated rings. The van der Waals surface area contributed by atoms with Crippen molar-refractivity contribution in [2.75, 3.05) is 7.11 Å². The molecule has 0 saturated heterocycles. The van der Waals surface area contributed by atoms with Crippen molar-refractivity contribution in [3.05, 3.63) is 101 Å². The van der Waals surface area contributed by atoms with Crippen molar-refractivity contribution in [1.82, 2.24) is 0 Å². The van der Waals surface area contributed by atoms with Crippen molar-refractivity contribution in [3.63, 3.8) is 0 Å². The number of para-hydroxylation sites is 1. The lowest BCUT2D eigenvalue weighted by atomic mass is 9.94. The summed E-state index contributed by atoms with van der Waals surface area (Å²) in [6.07, 6.45) is 0. The van der Waals surface area contributed by atoms with E-state index in [4.69, 9.17) is 9.15 Å². The van der Waals surface area contributed by atoms with E-state index in [2.05, 4.69) is 4.99 Å². The molecule has 0 saturated carbocycles. The van der Waals surface area contributed by atoms with Gasteiger partial charge in [0.1, 0.15) is 17.1 Å². The maximum absolute atomic E-state index is 13.1. The highest BCUT2D eigenvalue weighted by Crippen LogP contribution is 2.42. The molecule has 4 nitrogen and oxygen atoms in total. The maximum Gasteiger partial charge on any atom is 0.279 e. The Morgan fingerprint density at radius 2 is 1.65 bits per heavy atom. The van der Waals surface area contributed by atoms with Gasteiger partial charge in [-0.2, -0.15) is 0 Å². The molecule has 31 heavy (non-hydrogen) atoms. The van der Waals surface area contributed by atoms with Gasteiger partial charge in [-0.25, -0.2) is 4.99 Å². The minimum Gasteiger partial charge on any atom is -0.497 e. The van der Waals surface area contributed by atoms with Gasteiger partial charge in [0.25, 0.3) is 5.91 Å². The molecule has 1 amide bonds. The fourth-order valence-corrected chi connectivity index (χ4v) is 4.36. The molecule has 0 atom stereocenters. The van der Waals surface area contributed by atoms with E-state index in [1.54, 1.807) is 7.11 Å². The smallest absolute Gasteiger partial charge is 0.279 e. The first-order chi connectivity index (χ1) is 15.2. The lowest BCUT2D eigenvalue weighted by Gasteiger charge is -2.07. The van der Waals surface area contributed by atoms with Crippen LogP contribution >= 0.6 is 0 Å². The third kappa shape index (κ3) is 2.62. The average Bonchev–Trinajstić information content (AvgIpc) is 3.36. The molecule has 1 aromatic heterocycles. The van der Waals surface area contributed by atoms with Crippen molar-refractivity contribution in [2.24, 2.45) is 4.99 Å². The molecule has 5 aromatic rings. The van der Waals surface area contributed by atoms with Crippen molar-refractivity contribution in [1.29, 1.82) is 0 Å². The SMILES string of the molecule is COc1ccc2ccc3oc(-c4ccccc4)c(C4=c5ccccc5=NC4=O)c3c2c1. The number of carbonyl (C=O) groups excluding carboxylic acids is 1. The van der Waals surface area contributed by atoms with Crippen molar-refractivity contribution >= 4 is 33.2 Å². The molecular formula is C27H17NO3. The number of benzene rings is 4. The molecule has 0 bridgehead atoms. The largest absolute Gasteiger partial charge is 0.497 e. The Morgan fingerprint density at radius 3 is 2.48 bits per heavy atom. The Kier molecular flexibility index (Phi) is 3.80.